The van der Waals surface area contributed by atoms with E-state index in [1.807, 2.05) is 72.8 Å². The summed E-state index contributed by atoms with van der Waals surface area (Å²) in [5.41, 5.74) is 50.1. The third kappa shape index (κ3) is 24.9. The van der Waals surface area contributed by atoms with Crippen molar-refractivity contribution in [3.8, 4) is 0 Å². The SMILES string of the molecule is CCCCCCCCCC(=O)NCCCC[C@H](NC(=O)[C@H](Cc1c[nH]c2ccccc12)NC(=O)[C@@H](CCCN=C(N)N)NC(=O)[C@H](Cc1c[nH]c2ccccc12)NC(=O)[C@H](CCCN=C(N)N)NC(=O)[C@@H](Cc1c[nH]c2ccccc12)NC(=O)[C@H](N)CCCN=C(N)N)C(N)=O. The van der Waals surface area contributed by atoms with Gasteiger partial charge in [-0.2, -0.15) is 0 Å². The lowest BCUT2D eigenvalue weighted by molar-refractivity contribution is -0.135. The number of nitrogens with two attached hydrogens (primary N) is 8. The maximum Gasteiger partial charge on any atom is 0.243 e. The lowest BCUT2D eigenvalue weighted by Gasteiger charge is -2.28. The molecule has 0 aliphatic carbocycles. The highest BCUT2D eigenvalue weighted by atomic mass is 16.2. The molecule has 8 amide bonds. The van der Waals surface area contributed by atoms with E-state index in [9.17, 15) is 24.0 Å². The maximum atomic E-state index is 15.3. The summed E-state index contributed by atoms with van der Waals surface area (Å²) in [6.07, 6.45) is 14.6. The molecule has 7 atom stereocenters. The number of amides is 8. The number of rotatable bonds is 44. The molecule has 6 rings (SSSR count). The molecule has 0 radical (unpaired) electrons. The van der Waals surface area contributed by atoms with E-state index in [-0.39, 0.29) is 101 Å². The van der Waals surface area contributed by atoms with E-state index in [1.54, 1.807) is 18.6 Å². The first-order valence-electron chi connectivity index (χ1n) is 33.2. The summed E-state index contributed by atoms with van der Waals surface area (Å²) in [6.45, 7) is 2.83. The fourth-order valence-electron chi connectivity index (χ4n) is 11.3. The van der Waals surface area contributed by atoms with Crippen LogP contribution in [0.25, 0.3) is 32.7 Å². The monoisotopic (exact) mass is 1330 g/mol. The number of carbonyl (C=O) groups is 8. The second-order valence-electron chi connectivity index (χ2n) is 24.1. The zero-order chi connectivity index (χ0) is 69.4. The number of nitrogens with zero attached hydrogens (tertiary/aromatic N) is 3. The minimum Gasteiger partial charge on any atom is -0.370 e. The van der Waals surface area contributed by atoms with Gasteiger partial charge in [-0.1, -0.05) is 100 Å². The molecule has 0 bridgehead atoms. The first-order chi connectivity index (χ1) is 46.2. The van der Waals surface area contributed by atoms with E-state index in [2.05, 4.69) is 74.1 Å². The predicted octanol–water partition coefficient (Wildman–Crippen LogP) is 1.47. The number of hydrogen-bond donors (Lipinski definition) is 18. The van der Waals surface area contributed by atoms with E-state index >= 15 is 14.4 Å². The van der Waals surface area contributed by atoms with Crippen LogP contribution in [-0.4, -0.2) is 149 Å². The molecule has 96 heavy (non-hydrogen) atoms. The average molecular weight is 1330 g/mol. The Morgan fingerprint density at radius 1 is 0.396 bits per heavy atom. The predicted molar refractivity (Wildman–Crippen MR) is 374 cm³/mol. The molecular formula is C67H99N21O8. The number of hydrogen-bond acceptors (Lipinski definition) is 12. The first-order valence-corrected chi connectivity index (χ1v) is 33.2. The van der Waals surface area contributed by atoms with Gasteiger partial charge in [0.2, 0.25) is 47.3 Å². The minimum atomic E-state index is -1.46. The molecule has 26 N–H and O–H groups in total. The third-order valence-corrected chi connectivity index (χ3v) is 16.6. The average Bonchev–Trinajstić information content (AvgIpc) is 1.65. The number of fused-ring (bicyclic) bond motifs is 3. The van der Waals surface area contributed by atoms with Gasteiger partial charge in [-0.15, -0.1) is 0 Å². The lowest BCUT2D eigenvalue weighted by atomic mass is 10.0. The molecule has 0 fully saturated rings. The molecule has 3 aromatic heterocycles. The molecule has 0 aliphatic rings. The van der Waals surface area contributed by atoms with Crippen LogP contribution >= 0.6 is 0 Å². The number of unbranched alkanes of at least 4 members (excludes halogenated alkanes) is 7. The number of carbonyl (C=O) groups excluding carboxylic acids is 8. The Kier molecular flexibility index (Phi) is 30.8. The summed E-state index contributed by atoms with van der Waals surface area (Å²) in [5, 5.41) is 22.2. The van der Waals surface area contributed by atoms with Crippen molar-refractivity contribution >= 4 is 97.8 Å². The molecule has 3 heterocycles. The molecule has 0 spiro atoms. The molecule has 0 saturated heterocycles. The molecule has 6 aromatic rings. The normalized spacial score (nSPS) is 13.4. The molecule has 29 heteroatoms. The number of primary amides is 1. The fourth-order valence-corrected chi connectivity index (χ4v) is 11.3. The summed E-state index contributed by atoms with van der Waals surface area (Å²) >= 11 is 0. The van der Waals surface area contributed by atoms with Gasteiger partial charge in [-0.05, 0) is 99.1 Å². The number of guanidine groups is 3. The van der Waals surface area contributed by atoms with Gasteiger partial charge in [0.05, 0.1) is 6.04 Å². The van der Waals surface area contributed by atoms with Crippen molar-refractivity contribution in [2.75, 3.05) is 26.2 Å². The van der Waals surface area contributed by atoms with Crippen LogP contribution in [0.4, 0.5) is 0 Å². The van der Waals surface area contributed by atoms with Crippen LogP contribution in [-0.2, 0) is 57.6 Å². The number of aromatic amines is 3. The van der Waals surface area contributed by atoms with E-state index in [0.29, 0.717) is 48.9 Å². The van der Waals surface area contributed by atoms with Crippen LogP contribution in [0.2, 0.25) is 0 Å². The zero-order valence-corrected chi connectivity index (χ0v) is 54.9. The number of aliphatic imine (C=N–C) groups is 3. The topological polar surface area (TPSA) is 513 Å². The molecule has 29 nitrogen and oxygen atoms in total. The Hall–Kier alpha value is -10.2. The van der Waals surface area contributed by atoms with Gasteiger partial charge >= 0.3 is 0 Å². The molecule has 0 aliphatic heterocycles. The largest absolute Gasteiger partial charge is 0.370 e. The van der Waals surface area contributed by atoms with Crippen molar-refractivity contribution < 1.29 is 38.4 Å². The molecule has 0 saturated carbocycles. The van der Waals surface area contributed by atoms with Crippen molar-refractivity contribution in [1.82, 2.24) is 52.2 Å². The minimum absolute atomic E-state index is 0.0360. The highest BCUT2D eigenvalue weighted by Gasteiger charge is 2.35. The lowest BCUT2D eigenvalue weighted by Crippen LogP contribution is -2.60. The van der Waals surface area contributed by atoms with Gasteiger partial charge in [0.15, 0.2) is 17.9 Å². The Labute approximate surface area is 558 Å². The first kappa shape index (κ1) is 74.8. The van der Waals surface area contributed by atoms with Crippen molar-refractivity contribution in [2.24, 2.45) is 60.8 Å². The summed E-state index contributed by atoms with van der Waals surface area (Å²) in [6, 6.07) is 12.9. The molecule has 0 unspecified atom stereocenters. The van der Waals surface area contributed by atoms with Crippen molar-refractivity contribution in [1.29, 1.82) is 0 Å². The summed E-state index contributed by atoms with van der Waals surface area (Å²) in [5.74, 6) is -6.02. The van der Waals surface area contributed by atoms with Crippen LogP contribution in [0.5, 0.6) is 0 Å². The van der Waals surface area contributed by atoms with E-state index in [1.165, 1.54) is 19.3 Å². The second kappa shape index (κ2) is 39.5. The smallest absolute Gasteiger partial charge is 0.243 e. The second-order valence-corrected chi connectivity index (χ2v) is 24.1. The third-order valence-electron chi connectivity index (χ3n) is 16.6. The number of aromatic nitrogens is 3. The van der Waals surface area contributed by atoms with Gasteiger partial charge in [-0.3, -0.25) is 53.3 Å². The van der Waals surface area contributed by atoms with Crippen LogP contribution in [0.15, 0.2) is 106 Å². The standard InChI is InChI=1S/C67H99N21O8/c1-2-3-4-5-6-7-8-30-57(89)76-31-16-15-27-51(58(69)90)83-62(94)55(36-42-39-81-49-25-13-10-21-45(42)49)87-60(92)53(29-19-34-79-67(74)75)85-64(96)56(37-43-40-82-50-26-14-11-22-46(43)50)88-61(93)52(28-18-33-78-66(72)73)84-63(95)54(35-41-38-80-48-24-12-9-20-44(41)48)86-59(91)47(68)23-17-32-77-65(70)71/h9-14,20-22,24-26,38-40,47,51-56,80-82H,2-8,15-19,23,27-37,68H2,1H3,(H2,69,90)(H,76,89)(H,83,94)(H,84,95)(H,85,96)(H,86,91)(H,87,92)(H,88,93)(H4,70,71,77)(H4,72,73,78)(H4,74,75,79)/t47-,51+,52+,53-,54-,55+,56+/m1/s1. The van der Waals surface area contributed by atoms with E-state index < -0.39 is 83.6 Å². The Balaban J connectivity index is 1.27. The molecular weight excluding hydrogens is 1230 g/mol. The molecule has 520 valence electrons. The fraction of sp³-hybridized carbons (Fsp3) is 0.478. The van der Waals surface area contributed by atoms with E-state index in [4.69, 9.17) is 45.9 Å². The highest BCUT2D eigenvalue weighted by molar-refractivity contribution is 5.99. The summed E-state index contributed by atoms with van der Waals surface area (Å²) in [4.78, 5) is 136. The van der Waals surface area contributed by atoms with E-state index in [0.717, 1.165) is 58.4 Å². The van der Waals surface area contributed by atoms with Crippen LogP contribution in [0.3, 0.4) is 0 Å². The van der Waals surface area contributed by atoms with Gasteiger partial charge in [0, 0.05) is 103 Å². The number of benzene rings is 3. The number of para-hydroxylation sites is 3. The Morgan fingerprint density at radius 2 is 0.740 bits per heavy atom. The highest BCUT2D eigenvalue weighted by Crippen LogP contribution is 2.23. The van der Waals surface area contributed by atoms with Gasteiger partial charge in [-0.25, -0.2) is 0 Å². The van der Waals surface area contributed by atoms with Gasteiger partial charge < -0.3 is 98.0 Å². The van der Waals surface area contributed by atoms with Gasteiger partial charge in [0.1, 0.15) is 36.3 Å². The van der Waals surface area contributed by atoms with Crippen LogP contribution in [0.1, 0.15) is 133 Å². The summed E-state index contributed by atoms with van der Waals surface area (Å²) < 4.78 is 0. The summed E-state index contributed by atoms with van der Waals surface area (Å²) in [7, 11) is 0. The van der Waals surface area contributed by atoms with Gasteiger partial charge in [0.25, 0.3) is 0 Å². The number of H-pyrrole nitrogens is 3. The Bertz CT molecular complexity index is 3600. The van der Waals surface area contributed by atoms with Crippen LogP contribution < -0.4 is 83.1 Å². The van der Waals surface area contributed by atoms with Crippen LogP contribution in [0, 0.1) is 0 Å². The quantitative estimate of drug-likeness (QED) is 0.0146. The maximum absolute atomic E-state index is 15.3. The number of nitrogens with one attached hydrogen (secondary N) is 10. The van der Waals surface area contributed by atoms with Crippen molar-refractivity contribution in [3.05, 3.63) is 108 Å². The Morgan fingerprint density at radius 3 is 1.15 bits per heavy atom. The van der Waals surface area contributed by atoms with Crippen molar-refractivity contribution in [3.63, 3.8) is 0 Å². The zero-order valence-electron chi connectivity index (χ0n) is 54.9. The van der Waals surface area contributed by atoms with Crippen molar-refractivity contribution in [2.45, 2.75) is 178 Å². The molecule has 3 aromatic carbocycles.